The smallest absolute Gasteiger partial charge is 0.120 e. The third-order valence-corrected chi connectivity index (χ3v) is 3.77. The zero-order valence-corrected chi connectivity index (χ0v) is 12.0. The zero-order valence-electron chi connectivity index (χ0n) is 11.2. The lowest BCUT2D eigenvalue weighted by molar-refractivity contribution is 0.302. The minimum Gasteiger partial charge on any atom is -0.494 e. The molecule has 0 spiro atoms. The largest absolute Gasteiger partial charge is 0.494 e. The summed E-state index contributed by atoms with van der Waals surface area (Å²) in [5.74, 6) is 1.79. The Hall–Kier alpha value is -0.730. The number of hydrogen-bond donors (Lipinski definition) is 1. The number of rotatable bonds is 7. The molecule has 0 amide bonds. The van der Waals surface area contributed by atoms with Crippen LogP contribution >= 0.6 is 11.6 Å². The summed E-state index contributed by atoms with van der Waals surface area (Å²) in [7, 11) is 0. The standard InChI is InChI=1S/C15H22ClNO/c1-3-17-11(2)14-7-6-13(10-15(14)16)18-9-8-12-4-5-12/h6-7,10-12,17H,3-5,8-9H2,1-2H3. The lowest BCUT2D eigenvalue weighted by atomic mass is 10.1. The van der Waals surface area contributed by atoms with Crippen molar-refractivity contribution in [2.75, 3.05) is 13.2 Å². The summed E-state index contributed by atoms with van der Waals surface area (Å²) in [6.45, 7) is 5.97. The molecular weight excluding hydrogens is 246 g/mol. The van der Waals surface area contributed by atoms with Gasteiger partial charge in [-0.05, 0) is 43.5 Å². The Morgan fingerprint density at radius 2 is 2.22 bits per heavy atom. The molecule has 18 heavy (non-hydrogen) atoms. The van der Waals surface area contributed by atoms with Crippen LogP contribution in [0.1, 0.15) is 44.7 Å². The van der Waals surface area contributed by atoms with Crippen molar-refractivity contribution < 1.29 is 4.74 Å². The number of nitrogens with one attached hydrogen (secondary N) is 1. The van der Waals surface area contributed by atoms with Crippen LogP contribution in [-0.2, 0) is 0 Å². The molecule has 1 aromatic carbocycles. The summed E-state index contributed by atoms with van der Waals surface area (Å²) in [5.41, 5.74) is 1.13. The second kappa shape index (κ2) is 6.44. The fraction of sp³-hybridized carbons (Fsp3) is 0.600. The molecule has 1 saturated carbocycles. The predicted molar refractivity (Wildman–Crippen MR) is 76.4 cm³/mol. The summed E-state index contributed by atoms with van der Waals surface area (Å²) in [4.78, 5) is 0. The van der Waals surface area contributed by atoms with E-state index in [-0.39, 0.29) is 6.04 Å². The summed E-state index contributed by atoms with van der Waals surface area (Å²) < 4.78 is 5.73. The topological polar surface area (TPSA) is 21.3 Å². The highest BCUT2D eigenvalue weighted by molar-refractivity contribution is 6.31. The first-order valence-electron chi connectivity index (χ1n) is 6.86. The van der Waals surface area contributed by atoms with Crippen LogP contribution in [0, 0.1) is 5.92 Å². The Kier molecular flexibility index (Phi) is 4.90. The molecule has 100 valence electrons. The van der Waals surface area contributed by atoms with Crippen molar-refractivity contribution in [1.29, 1.82) is 0 Å². The van der Waals surface area contributed by atoms with Gasteiger partial charge in [0.15, 0.2) is 0 Å². The summed E-state index contributed by atoms with van der Waals surface area (Å²) in [6, 6.07) is 6.28. The van der Waals surface area contributed by atoms with E-state index in [2.05, 4.69) is 25.2 Å². The molecule has 0 bridgehead atoms. The van der Waals surface area contributed by atoms with Crippen molar-refractivity contribution in [3.05, 3.63) is 28.8 Å². The van der Waals surface area contributed by atoms with Crippen molar-refractivity contribution in [3.63, 3.8) is 0 Å². The van der Waals surface area contributed by atoms with Gasteiger partial charge in [-0.2, -0.15) is 0 Å². The van der Waals surface area contributed by atoms with Crippen LogP contribution < -0.4 is 10.1 Å². The molecule has 1 aliphatic rings. The van der Waals surface area contributed by atoms with E-state index < -0.39 is 0 Å². The number of benzene rings is 1. The van der Waals surface area contributed by atoms with Gasteiger partial charge in [0.25, 0.3) is 0 Å². The monoisotopic (exact) mass is 267 g/mol. The van der Waals surface area contributed by atoms with Gasteiger partial charge in [-0.25, -0.2) is 0 Å². The number of halogens is 1. The van der Waals surface area contributed by atoms with E-state index in [1.807, 2.05) is 12.1 Å². The molecule has 1 unspecified atom stereocenters. The van der Waals surface area contributed by atoms with Crippen LogP contribution in [0.15, 0.2) is 18.2 Å². The third kappa shape index (κ3) is 3.89. The predicted octanol–water partition coefficient (Wildman–Crippen LogP) is 4.19. The van der Waals surface area contributed by atoms with Gasteiger partial charge in [0.1, 0.15) is 5.75 Å². The van der Waals surface area contributed by atoms with Gasteiger partial charge in [-0.3, -0.25) is 0 Å². The van der Waals surface area contributed by atoms with Crippen LogP contribution in [0.25, 0.3) is 0 Å². The van der Waals surface area contributed by atoms with E-state index in [1.54, 1.807) is 0 Å². The van der Waals surface area contributed by atoms with Crippen LogP contribution in [0.2, 0.25) is 5.02 Å². The number of ether oxygens (including phenoxy) is 1. The molecule has 1 fully saturated rings. The van der Waals surface area contributed by atoms with Gasteiger partial charge >= 0.3 is 0 Å². The van der Waals surface area contributed by atoms with Crippen LogP contribution in [0.5, 0.6) is 5.75 Å². The number of hydrogen-bond acceptors (Lipinski definition) is 2. The van der Waals surface area contributed by atoms with Gasteiger partial charge in [-0.15, -0.1) is 0 Å². The zero-order chi connectivity index (χ0) is 13.0. The average molecular weight is 268 g/mol. The Morgan fingerprint density at radius 3 is 2.83 bits per heavy atom. The molecule has 3 heteroatoms. The van der Waals surface area contributed by atoms with E-state index in [0.717, 1.165) is 35.4 Å². The van der Waals surface area contributed by atoms with Crippen molar-refractivity contribution in [2.45, 2.75) is 39.2 Å². The second-order valence-corrected chi connectivity index (χ2v) is 5.45. The van der Waals surface area contributed by atoms with Gasteiger partial charge in [0.05, 0.1) is 6.61 Å². The molecule has 0 saturated heterocycles. The van der Waals surface area contributed by atoms with Gasteiger partial charge in [-0.1, -0.05) is 37.4 Å². The minimum absolute atomic E-state index is 0.281. The van der Waals surface area contributed by atoms with E-state index in [1.165, 1.54) is 19.3 Å². The van der Waals surface area contributed by atoms with Gasteiger partial charge < -0.3 is 10.1 Å². The van der Waals surface area contributed by atoms with Crippen molar-refractivity contribution >= 4 is 11.6 Å². The highest BCUT2D eigenvalue weighted by atomic mass is 35.5. The molecule has 2 rings (SSSR count). The molecule has 1 atom stereocenters. The van der Waals surface area contributed by atoms with Gasteiger partial charge in [0, 0.05) is 11.1 Å². The van der Waals surface area contributed by atoms with Crippen molar-refractivity contribution in [2.24, 2.45) is 5.92 Å². The van der Waals surface area contributed by atoms with Crippen LogP contribution in [0.3, 0.4) is 0 Å². The van der Waals surface area contributed by atoms with E-state index in [0.29, 0.717) is 0 Å². The summed E-state index contributed by atoms with van der Waals surface area (Å²) in [5, 5.41) is 4.15. The van der Waals surface area contributed by atoms with E-state index >= 15 is 0 Å². The summed E-state index contributed by atoms with van der Waals surface area (Å²) >= 11 is 6.29. The first-order valence-corrected chi connectivity index (χ1v) is 7.24. The van der Waals surface area contributed by atoms with Crippen molar-refractivity contribution in [1.82, 2.24) is 5.32 Å². The minimum atomic E-state index is 0.281. The highest BCUT2D eigenvalue weighted by Crippen LogP contribution is 2.33. The fourth-order valence-corrected chi connectivity index (χ4v) is 2.45. The Bertz CT molecular complexity index is 390. The SMILES string of the molecule is CCNC(C)c1ccc(OCCC2CC2)cc1Cl. The Balaban J connectivity index is 1.90. The Labute approximate surface area is 115 Å². The molecule has 0 aliphatic heterocycles. The summed E-state index contributed by atoms with van der Waals surface area (Å²) in [6.07, 6.45) is 3.93. The molecule has 0 radical (unpaired) electrons. The highest BCUT2D eigenvalue weighted by Gasteiger charge is 2.20. The third-order valence-electron chi connectivity index (χ3n) is 3.44. The normalized spacial score (nSPS) is 16.6. The maximum Gasteiger partial charge on any atom is 0.120 e. The molecular formula is C15H22ClNO. The lowest BCUT2D eigenvalue weighted by Crippen LogP contribution is -2.17. The Morgan fingerprint density at radius 1 is 1.44 bits per heavy atom. The molecule has 1 aromatic rings. The molecule has 0 aromatic heterocycles. The molecule has 1 aliphatic carbocycles. The van der Waals surface area contributed by atoms with E-state index in [9.17, 15) is 0 Å². The first kappa shape index (κ1) is 13.7. The second-order valence-electron chi connectivity index (χ2n) is 5.04. The van der Waals surface area contributed by atoms with Gasteiger partial charge in [0.2, 0.25) is 0 Å². The van der Waals surface area contributed by atoms with Crippen molar-refractivity contribution in [3.8, 4) is 5.75 Å². The first-order chi connectivity index (χ1) is 8.70. The molecule has 0 heterocycles. The van der Waals surface area contributed by atoms with Crippen LogP contribution in [-0.4, -0.2) is 13.2 Å². The lowest BCUT2D eigenvalue weighted by Gasteiger charge is -2.15. The molecule has 1 N–H and O–H groups in total. The van der Waals surface area contributed by atoms with Crippen LogP contribution in [0.4, 0.5) is 0 Å². The average Bonchev–Trinajstić information content (AvgIpc) is 3.13. The molecule has 2 nitrogen and oxygen atoms in total. The van der Waals surface area contributed by atoms with E-state index in [4.69, 9.17) is 16.3 Å². The quantitative estimate of drug-likeness (QED) is 0.800. The fourth-order valence-electron chi connectivity index (χ4n) is 2.11. The maximum atomic E-state index is 6.29. The maximum absolute atomic E-state index is 6.29.